The molecule has 1 heterocycles. The van der Waals surface area contributed by atoms with Crippen LogP contribution >= 0.6 is 23.7 Å². The first-order chi connectivity index (χ1) is 8.65. The number of hydrogen-bond donors (Lipinski definition) is 2. The molecule has 3 N–H and O–H groups in total. The predicted molar refractivity (Wildman–Crippen MR) is 82.7 cm³/mol. The normalized spacial score (nSPS) is 18.3. The van der Waals surface area contributed by atoms with E-state index in [-0.39, 0.29) is 18.5 Å². The van der Waals surface area contributed by atoms with E-state index in [0.29, 0.717) is 11.2 Å². The maximum Gasteiger partial charge on any atom is 0.180 e. The van der Waals surface area contributed by atoms with Crippen molar-refractivity contribution >= 4 is 28.9 Å². The highest BCUT2D eigenvalue weighted by atomic mass is 35.5. The number of halogens is 1. The van der Waals surface area contributed by atoms with E-state index in [1.165, 1.54) is 37.0 Å². The minimum Gasteiger partial charge on any atom is -0.392 e. The summed E-state index contributed by atoms with van der Waals surface area (Å²) >= 11 is 1.55. The zero-order valence-corrected chi connectivity index (χ0v) is 13.1. The summed E-state index contributed by atoms with van der Waals surface area (Å²) in [7, 11) is 0. The number of rotatable bonds is 5. The molecule has 0 amide bonds. The van der Waals surface area contributed by atoms with E-state index < -0.39 is 0 Å². The van der Waals surface area contributed by atoms with E-state index in [1.807, 2.05) is 13.1 Å². The zero-order chi connectivity index (χ0) is 13.0. The Morgan fingerprint density at radius 1 is 1.47 bits per heavy atom. The van der Waals surface area contributed by atoms with Gasteiger partial charge < -0.3 is 10.8 Å². The van der Waals surface area contributed by atoms with Crippen LogP contribution < -0.4 is 5.73 Å². The monoisotopic (exact) mass is 305 g/mol. The first kappa shape index (κ1) is 16.7. The van der Waals surface area contributed by atoms with Gasteiger partial charge in [-0.1, -0.05) is 19.3 Å². The molecule has 0 aliphatic heterocycles. The molecule has 6 heteroatoms. The van der Waals surface area contributed by atoms with Gasteiger partial charge in [0.05, 0.1) is 6.10 Å². The molecule has 0 bridgehead atoms. The van der Waals surface area contributed by atoms with Crippen molar-refractivity contribution in [3.8, 4) is 0 Å². The first-order valence-corrected chi connectivity index (χ1v) is 7.59. The van der Waals surface area contributed by atoms with Gasteiger partial charge in [-0.15, -0.1) is 23.7 Å². The third-order valence-corrected chi connectivity index (χ3v) is 4.33. The molecule has 0 spiro atoms. The summed E-state index contributed by atoms with van der Waals surface area (Å²) in [5.74, 6) is 0. The van der Waals surface area contributed by atoms with Gasteiger partial charge >= 0.3 is 0 Å². The maximum absolute atomic E-state index is 9.66. The number of nitrogens with two attached hydrogens (primary N) is 1. The van der Waals surface area contributed by atoms with E-state index in [0.717, 1.165) is 13.1 Å². The number of nitrogen functional groups attached to an aromatic ring is 1. The van der Waals surface area contributed by atoms with Gasteiger partial charge in [-0.05, 0) is 19.8 Å². The van der Waals surface area contributed by atoms with Crippen LogP contribution in [0.2, 0.25) is 0 Å². The zero-order valence-electron chi connectivity index (χ0n) is 11.4. The van der Waals surface area contributed by atoms with E-state index in [1.54, 1.807) is 11.3 Å². The first-order valence-electron chi connectivity index (χ1n) is 6.77. The molecule has 110 valence electrons. The Hall–Kier alpha value is -0.360. The number of hydrogen-bond acceptors (Lipinski definition) is 5. The maximum atomic E-state index is 9.66. The highest BCUT2D eigenvalue weighted by Crippen LogP contribution is 2.26. The lowest BCUT2D eigenvalue weighted by atomic mass is 9.94. The van der Waals surface area contributed by atoms with Crippen LogP contribution in [-0.4, -0.2) is 33.7 Å². The van der Waals surface area contributed by atoms with Gasteiger partial charge in [0.25, 0.3) is 0 Å². The number of thiazole rings is 1. The second-order valence-electron chi connectivity index (χ2n) is 5.24. The Labute approximate surface area is 125 Å². The molecule has 1 aliphatic rings. The number of nitrogens with zero attached hydrogens (tertiary/aromatic N) is 2. The number of anilines is 1. The largest absolute Gasteiger partial charge is 0.392 e. The molecular weight excluding hydrogens is 282 g/mol. The van der Waals surface area contributed by atoms with E-state index in [2.05, 4.69) is 9.88 Å². The van der Waals surface area contributed by atoms with Crippen LogP contribution in [0, 0.1) is 0 Å². The predicted octanol–water partition coefficient (Wildman–Crippen LogP) is 2.66. The van der Waals surface area contributed by atoms with Crippen LogP contribution in [0.3, 0.4) is 0 Å². The van der Waals surface area contributed by atoms with Crippen molar-refractivity contribution < 1.29 is 5.11 Å². The number of aliphatic hydroxyl groups excluding tert-OH is 1. The second-order valence-corrected chi connectivity index (χ2v) is 6.38. The van der Waals surface area contributed by atoms with Gasteiger partial charge in [-0.25, -0.2) is 4.98 Å². The lowest BCUT2D eigenvalue weighted by molar-refractivity contribution is 0.0776. The van der Waals surface area contributed by atoms with Crippen molar-refractivity contribution in [3.05, 3.63) is 11.1 Å². The fraction of sp³-hybridized carbons (Fsp3) is 0.769. The van der Waals surface area contributed by atoms with E-state index >= 15 is 0 Å². The third-order valence-electron chi connectivity index (χ3n) is 3.52. The van der Waals surface area contributed by atoms with Crippen molar-refractivity contribution in [2.75, 3.05) is 12.3 Å². The summed E-state index contributed by atoms with van der Waals surface area (Å²) in [4.78, 5) is 7.69. The topological polar surface area (TPSA) is 62.4 Å². The summed E-state index contributed by atoms with van der Waals surface area (Å²) in [5, 5.41) is 10.3. The molecule has 1 aromatic rings. The van der Waals surface area contributed by atoms with Crippen LogP contribution in [0.4, 0.5) is 5.13 Å². The molecule has 1 aromatic heterocycles. The highest BCUT2D eigenvalue weighted by Gasteiger charge is 2.22. The van der Waals surface area contributed by atoms with Crippen molar-refractivity contribution in [1.29, 1.82) is 0 Å². The van der Waals surface area contributed by atoms with Gasteiger partial charge in [0, 0.05) is 30.2 Å². The van der Waals surface area contributed by atoms with E-state index in [9.17, 15) is 5.11 Å². The van der Waals surface area contributed by atoms with Gasteiger partial charge in [-0.3, -0.25) is 4.90 Å². The number of aromatic nitrogens is 1. The highest BCUT2D eigenvalue weighted by molar-refractivity contribution is 7.15. The van der Waals surface area contributed by atoms with Gasteiger partial charge in [-0.2, -0.15) is 0 Å². The lowest BCUT2D eigenvalue weighted by Crippen LogP contribution is -2.40. The standard InChI is InChI=1S/C13H23N3OS.ClH/c1-10(17)8-16(11-5-3-2-4-6-11)9-12-7-15-13(14)18-12;/h7,10-11,17H,2-6,8-9H2,1H3,(H2,14,15);1H. The van der Waals surface area contributed by atoms with Crippen molar-refractivity contribution in [2.45, 2.75) is 57.7 Å². The molecule has 1 unspecified atom stereocenters. The van der Waals surface area contributed by atoms with Gasteiger partial charge in [0.1, 0.15) is 0 Å². The quantitative estimate of drug-likeness (QED) is 0.878. The minimum absolute atomic E-state index is 0. The average molecular weight is 306 g/mol. The Morgan fingerprint density at radius 2 is 2.16 bits per heavy atom. The SMILES string of the molecule is CC(O)CN(Cc1cnc(N)s1)C1CCCCC1.Cl. The van der Waals surface area contributed by atoms with Crippen LogP contribution in [-0.2, 0) is 6.54 Å². The fourth-order valence-electron chi connectivity index (χ4n) is 2.72. The van der Waals surface area contributed by atoms with E-state index in [4.69, 9.17) is 5.73 Å². The van der Waals surface area contributed by atoms with Gasteiger partial charge in [0.15, 0.2) is 5.13 Å². The van der Waals surface area contributed by atoms with Crippen LogP contribution in [0.1, 0.15) is 43.9 Å². The second kappa shape index (κ2) is 8.04. The molecule has 0 aromatic carbocycles. The molecule has 1 aliphatic carbocycles. The van der Waals surface area contributed by atoms with Crippen LogP contribution in [0.5, 0.6) is 0 Å². The molecule has 2 rings (SSSR count). The smallest absolute Gasteiger partial charge is 0.180 e. The molecular formula is C13H24ClN3OS. The molecule has 0 saturated heterocycles. The summed E-state index contributed by atoms with van der Waals surface area (Å²) < 4.78 is 0. The summed E-state index contributed by atoms with van der Waals surface area (Å²) in [5.41, 5.74) is 5.67. The third kappa shape index (κ3) is 5.26. The summed E-state index contributed by atoms with van der Waals surface area (Å²) in [6, 6.07) is 0.608. The average Bonchev–Trinajstić information content (AvgIpc) is 2.75. The lowest BCUT2D eigenvalue weighted by Gasteiger charge is -2.34. The molecule has 1 atom stereocenters. The molecule has 0 radical (unpaired) electrons. The minimum atomic E-state index is -0.280. The Morgan fingerprint density at radius 3 is 2.68 bits per heavy atom. The fourth-order valence-corrected chi connectivity index (χ4v) is 3.43. The molecule has 4 nitrogen and oxygen atoms in total. The molecule has 1 fully saturated rings. The molecule has 19 heavy (non-hydrogen) atoms. The van der Waals surface area contributed by atoms with Gasteiger partial charge in [0.2, 0.25) is 0 Å². The van der Waals surface area contributed by atoms with Crippen molar-refractivity contribution in [1.82, 2.24) is 9.88 Å². The Balaban J connectivity index is 0.00000180. The molecule has 1 saturated carbocycles. The number of aliphatic hydroxyl groups is 1. The summed E-state index contributed by atoms with van der Waals surface area (Å²) in [6.45, 7) is 3.46. The Kier molecular flexibility index (Phi) is 7.07. The van der Waals surface area contributed by atoms with Crippen molar-refractivity contribution in [2.24, 2.45) is 0 Å². The summed E-state index contributed by atoms with van der Waals surface area (Å²) in [6.07, 6.45) is 8.06. The van der Waals surface area contributed by atoms with Crippen molar-refractivity contribution in [3.63, 3.8) is 0 Å². The van der Waals surface area contributed by atoms with Crippen LogP contribution in [0.25, 0.3) is 0 Å². The Bertz CT molecular complexity index is 367. The van der Waals surface area contributed by atoms with Crippen LogP contribution in [0.15, 0.2) is 6.20 Å².